The Balaban J connectivity index is 0.000000328. The van der Waals surface area contributed by atoms with E-state index in [1.165, 1.54) is 21.0 Å². The van der Waals surface area contributed by atoms with Gasteiger partial charge < -0.3 is 134 Å². The summed E-state index contributed by atoms with van der Waals surface area (Å²) < 4.78 is 71.2. The lowest BCUT2D eigenvalue weighted by Crippen LogP contribution is -2.61. The first-order valence-electron chi connectivity index (χ1n) is 46.9. The number of cyclic esters (lactones) is 2. The van der Waals surface area contributed by atoms with E-state index in [4.69, 9.17) is 75.3 Å². The molecule has 32 atom stereocenters. The molecule has 4 aromatic rings. The van der Waals surface area contributed by atoms with E-state index in [1.807, 2.05) is 118 Å². The lowest BCUT2D eigenvalue weighted by Gasteiger charge is -2.49. The number of carbonyl (C=O) groups is 4. The normalized spacial score (nSPS) is 38.1. The highest BCUT2D eigenvalue weighted by molar-refractivity contribution is 6.31. The summed E-state index contributed by atoms with van der Waals surface area (Å²) in [7, 11) is 13.1. The summed E-state index contributed by atoms with van der Waals surface area (Å²) >= 11 is 12.3. The minimum Gasteiger partial charge on any atom is -0.459 e. The minimum absolute atomic E-state index is 0.0472. The van der Waals surface area contributed by atoms with Gasteiger partial charge in [0.15, 0.2) is 18.9 Å². The van der Waals surface area contributed by atoms with E-state index >= 15 is 0 Å². The van der Waals surface area contributed by atoms with Crippen LogP contribution in [-0.2, 0) is 71.3 Å². The standard InChI is InChI=1S/C52H86ClN5O13.C44H72ClN5O10/c1-15-40-52(10,64)45(60)33(6)58(13)28-29(2)25-50(8,63)47(31(4)43(32(5)48(62)69-40)70-42-26-51(9,65-14)46(61)34(7)68-42)71-49-44(39(57(11)12)23-30(3)67-49)66-22-16-20-55-41(59)27-56-37-19-21-54-38-24-35(53)17-18-36(37)38;1-12-35-44(8,56)39(53)29(6)50(11)24-25(2)22-43(7,55)40(27(4)37(52)28(5)41(54)59-35)60-42-38(34(49(9)10)20-26(3)58-42)57-19-13-17-47-36(51)23-48-32-16-18-46-33-21-30(45)14-15-31(32)33/h17-19,21,24,29-34,39-40,42-47,49,60-61,63-64H,15-16,20,22-23,25-28H2,1-14H3,(H,54,56)(H,55,59);14-16,18,21,25-29,34-35,37-40,42,52-53,55-56H,12-13,17,19-20,22-24H2,1-11H3,(H,46,48)(H,47,51)/t29-,30-,31+,32-,33-,34+,39+,40-,42?,43+,44-,45-,46+,47-,49+,50-,51-,52-;25-,26-,27+,28-,29-,34+,35-,37+,38-,39-,40-,42+,43-,44-/m11/s1. The molecule has 0 bridgehead atoms. The second-order valence-corrected chi connectivity index (χ2v) is 40.5. The van der Waals surface area contributed by atoms with Crippen LogP contribution in [0.2, 0.25) is 10.0 Å². The van der Waals surface area contributed by atoms with Gasteiger partial charge in [0.25, 0.3) is 0 Å². The van der Waals surface area contributed by atoms with Gasteiger partial charge in [-0.15, -0.1) is 0 Å². The fraction of sp³-hybridized carbons (Fsp3) is 0.771. The average Bonchev–Trinajstić information content (AvgIpc) is 1.69. The third kappa shape index (κ3) is 28.8. The predicted octanol–water partition coefficient (Wildman–Crippen LogP) is 8.56. The zero-order valence-corrected chi connectivity index (χ0v) is 83.5. The minimum atomic E-state index is -1.83. The second kappa shape index (κ2) is 48.7. The summed E-state index contributed by atoms with van der Waals surface area (Å²) in [6.45, 7) is 33.9. The number of fused-ring (bicyclic) bond motifs is 2. The van der Waals surface area contributed by atoms with Crippen molar-refractivity contribution >= 4 is 80.1 Å². The molecule has 5 fully saturated rings. The van der Waals surface area contributed by atoms with Gasteiger partial charge in [-0.3, -0.25) is 29.1 Å². The predicted molar refractivity (Wildman–Crippen MR) is 502 cm³/mol. The van der Waals surface area contributed by atoms with E-state index in [2.05, 4.69) is 41.0 Å². The maximum Gasteiger partial charge on any atom is 0.311 e. The number of hydrogen-bond donors (Lipinski definition) is 12. The monoisotopic (exact) mass is 1890 g/mol. The van der Waals surface area contributed by atoms with Crippen molar-refractivity contribution in [3.05, 3.63) is 71.0 Å². The van der Waals surface area contributed by atoms with Gasteiger partial charge in [0.05, 0.1) is 95.5 Å². The average molecular weight is 1890 g/mol. The summed E-state index contributed by atoms with van der Waals surface area (Å²) in [6, 6.07) is 13.0. The van der Waals surface area contributed by atoms with Gasteiger partial charge in [-0.1, -0.05) is 64.7 Å². The smallest absolute Gasteiger partial charge is 0.311 e. The number of ether oxygens (including phenoxy) is 11. The highest BCUT2D eigenvalue weighted by Gasteiger charge is 2.56. The highest BCUT2D eigenvalue weighted by Crippen LogP contribution is 2.44. The van der Waals surface area contributed by atoms with Crippen LogP contribution in [0.4, 0.5) is 11.4 Å². The largest absolute Gasteiger partial charge is 0.459 e. The zero-order chi connectivity index (χ0) is 97.4. The molecule has 5 aliphatic rings. The van der Waals surface area contributed by atoms with Gasteiger partial charge in [0, 0.05) is 134 Å². The first-order valence-corrected chi connectivity index (χ1v) is 47.6. The number of aliphatic hydroxyl groups is 8. The van der Waals surface area contributed by atoms with Gasteiger partial charge >= 0.3 is 11.9 Å². The maximum absolute atomic E-state index is 14.6. The van der Waals surface area contributed by atoms with E-state index in [0.717, 1.165) is 33.2 Å². The Bertz CT molecular complexity index is 4260. The quantitative estimate of drug-likeness (QED) is 0.0196. The fourth-order valence-electron chi connectivity index (χ4n) is 19.9. The van der Waals surface area contributed by atoms with Crippen molar-refractivity contribution in [2.24, 2.45) is 35.5 Å². The Morgan fingerprint density at radius 3 is 1.35 bits per heavy atom. The molecule has 131 heavy (non-hydrogen) atoms. The maximum atomic E-state index is 14.6. The summed E-state index contributed by atoms with van der Waals surface area (Å²) in [5.74, 6) is -5.84. The van der Waals surface area contributed by atoms with E-state index in [0.29, 0.717) is 61.9 Å². The number of amides is 2. The van der Waals surface area contributed by atoms with Crippen LogP contribution in [0, 0.1) is 35.5 Å². The van der Waals surface area contributed by atoms with Crippen LogP contribution in [0.5, 0.6) is 0 Å². The summed E-state index contributed by atoms with van der Waals surface area (Å²) in [5, 5.41) is 110. The van der Waals surface area contributed by atoms with Gasteiger partial charge in [-0.05, 0) is 237 Å². The molecule has 12 N–H and O–H groups in total. The number of benzene rings is 2. The molecule has 0 aliphatic carbocycles. The summed E-state index contributed by atoms with van der Waals surface area (Å²) in [4.78, 5) is 70.7. The molecule has 0 spiro atoms. The molecule has 35 heteroatoms. The Hall–Kier alpha value is -5.52. The van der Waals surface area contributed by atoms with E-state index in [-0.39, 0.29) is 106 Å². The number of aliphatic hydroxyl groups excluding tert-OH is 4. The van der Waals surface area contributed by atoms with Crippen LogP contribution >= 0.6 is 23.2 Å². The van der Waals surface area contributed by atoms with Crippen LogP contribution in [0.3, 0.4) is 0 Å². The van der Waals surface area contributed by atoms with Crippen LogP contribution in [0.25, 0.3) is 21.8 Å². The SMILES string of the molecule is CC[C@H]1OC(=O)[C@H](C)[C@@H](O)[C@H](C)[C@@H](O[C@@H]2O[C@H](C)C[C@H](N(C)C)[C@H]2OCCCNC(=O)CNc2ccnc3cc(Cl)ccc23)[C@](C)(O)C[C@@H](C)CN(C)[C@H](C)[C@@H](O)[C@]1(C)O.CC[C@H]1OC(=O)[C@H](C)[C@@H](OC2C[C@@](C)(OC)[C@@H](O)[C@H](C)O2)[C@H](C)[C@@H](O[C@@H]2O[C@H](C)C[C@H](N(C)C)[C@H]2OCCCNC(=O)CNc2ccnc3cc(Cl)ccc23)[C@](C)(O)C[C@@H](C)CN(C)[C@H](C)[C@@H](O)[C@]1(C)O. The van der Waals surface area contributed by atoms with Crippen LogP contribution in [0.1, 0.15) is 182 Å². The van der Waals surface area contributed by atoms with Gasteiger partial charge in [-0.2, -0.15) is 0 Å². The first-order chi connectivity index (χ1) is 61.3. The Kier molecular flexibility index (Phi) is 41.2. The molecule has 0 saturated carbocycles. The number of aromatic nitrogens is 2. The zero-order valence-electron chi connectivity index (χ0n) is 82.0. The lowest BCUT2D eigenvalue weighted by molar-refractivity contribution is -0.321. The molecular formula is C96H158Cl2N10O23. The van der Waals surface area contributed by atoms with Gasteiger partial charge in [-0.25, -0.2) is 0 Å². The summed E-state index contributed by atoms with van der Waals surface area (Å²) in [6.07, 6.45) is -9.03. The molecule has 9 rings (SSSR count). The number of methoxy groups -OCH3 is 1. The Labute approximate surface area is 786 Å². The van der Waals surface area contributed by atoms with Crippen molar-refractivity contribution in [3.63, 3.8) is 0 Å². The first kappa shape index (κ1) is 111. The molecule has 7 heterocycles. The van der Waals surface area contributed by atoms with Crippen LogP contribution < -0.4 is 21.3 Å². The van der Waals surface area contributed by atoms with E-state index in [1.54, 1.807) is 106 Å². The second-order valence-electron chi connectivity index (χ2n) is 39.6. The molecule has 1 unspecified atom stereocenters. The van der Waals surface area contributed by atoms with Gasteiger partial charge in [0.2, 0.25) is 11.8 Å². The molecular weight excluding hydrogens is 1730 g/mol. The fourth-order valence-corrected chi connectivity index (χ4v) is 20.2. The Morgan fingerprint density at radius 2 is 0.954 bits per heavy atom. The number of anilines is 2. The number of hydrogen-bond acceptors (Lipinski definition) is 31. The summed E-state index contributed by atoms with van der Waals surface area (Å²) in [5.41, 5.74) is -4.82. The molecule has 0 radical (unpaired) electrons. The molecule has 5 aliphatic heterocycles. The van der Waals surface area contributed by atoms with Crippen LogP contribution in [0.15, 0.2) is 60.9 Å². The lowest BCUT2D eigenvalue weighted by atomic mass is 9.77. The topological polar surface area (TPSA) is 419 Å². The molecule has 33 nitrogen and oxygen atoms in total. The van der Waals surface area contributed by atoms with Crippen molar-refractivity contribution in [3.8, 4) is 0 Å². The number of likely N-dealkylation sites (N-methyl/N-ethyl adjacent to an activating group) is 4. The number of nitrogens with one attached hydrogen (secondary N) is 4. The molecule has 2 aromatic carbocycles. The van der Waals surface area contributed by atoms with E-state index < -0.39 is 168 Å². The number of rotatable bonds is 27. The number of halogens is 2. The highest BCUT2D eigenvalue weighted by atomic mass is 35.5. The van der Waals surface area contributed by atoms with Crippen molar-refractivity contribution < 1.29 is 112 Å². The van der Waals surface area contributed by atoms with Crippen molar-refractivity contribution in [1.82, 2.24) is 40.2 Å². The molecule has 744 valence electrons. The van der Waals surface area contributed by atoms with Crippen LogP contribution in [-0.4, -0.2) is 353 Å². The molecule has 5 saturated heterocycles. The molecule has 2 amide bonds. The van der Waals surface area contributed by atoms with Crippen molar-refractivity contribution in [2.75, 3.05) is 113 Å². The van der Waals surface area contributed by atoms with Crippen molar-refractivity contribution in [2.45, 2.75) is 339 Å². The Morgan fingerprint density at radius 1 is 0.550 bits per heavy atom. The van der Waals surface area contributed by atoms with Crippen molar-refractivity contribution in [1.29, 1.82) is 0 Å². The van der Waals surface area contributed by atoms with E-state index in [9.17, 15) is 60.0 Å². The number of nitrogens with zero attached hydrogens (tertiary/aromatic N) is 6. The number of esters is 2. The third-order valence-electron chi connectivity index (χ3n) is 27.8. The third-order valence-corrected chi connectivity index (χ3v) is 28.3. The number of carbonyl (C=O) groups excluding carboxylic acids is 4. The van der Waals surface area contributed by atoms with Gasteiger partial charge in [0.1, 0.15) is 53.9 Å². The number of pyridine rings is 2. The molecule has 2 aromatic heterocycles.